The molecule has 0 spiro atoms. The van der Waals surface area contributed by atoms with Crippen molar-refractivity contribution in [2.75, 3.05) is 18.5 Å². The van der Waals surface area contributed by atoms with Crippen molar-refractivity contribution in [2.45, 2.75) is 20.4 Å². The van der Waals surface area contributed by atoms with Gasteiger partial charge in [0.2, 0.25) is 0 Å². The molecular weight excluding hydrogens is 312 g/mol. The van der Waals surface area contributed by atoms with Crippen molar-refractivity contribution in [2.24, 2.45) is 0 Å². The largest absolute Gasteiger partial charge is 0.344 e. The van der Waals surface area contributed by atoms with Gasteiger partial charge in [-0.1, -0.05) is 40.5 Å². The molecule has 2 rings (SSSR count). The number of hydrogen-bond acceptors (Lipinski definition) is 2. The van der Waals surface area contributed by atoms with Crippen molar-refractivity contribution >= 4 is 27.3 Å². The summed E-state index contributed by atoms with van der Waals surface area (Å²) in [5.74, 6) is 0. The van der Waals surface area contributed by atoms with Gasteiger partial charge in [-0.2, -0.15) is 0 Å². The molecule has 106 valence electrons. The van der Waals surface area contributed by atoms with Gasteiger partial charge in [0.1, 0.15) is 0 Å². The molecule has 2 aromatic rings. The van der Waals surface area contributed by atoms with Gasteiger partial charge in [-0.3, -0.25) is 0 Å². The third-order valence-electron chi connectivity index (χ3n) is 3.39. The quantitative estimate of drug-likeness (QED) is 0.858. The summed E-state index contributed by atoms with van der Waals surface area (Å²) < 4.78 is 1.12. The van der Waals surface area contributed by atoms with Crippen LogP contribution in [0.3, 0.4) is 0 Å². The van der Waals surface area contributed by atoms with Gasteiger partial charge in [-0.15, -0.1) is 0 Å². The number of hydrogen-bond donors (Lipinski definition) is 1. The van der Waals surface area contributed by atoms with Crippen LogP contribution < -0.4 is 10.2 Å². The fourth-order valence-corrected chi connectivity index (χ4v) is 2.60. The maximum absolute atomic E-state index is 3.56. The Bertz CT molecular complexity index is 564. The van der Waals surface area contributed by atoms with Gasteiger partial charge < -0.3 is 10.2 Å². The van der Waals surface area contributed by atoms with Crippen molar-refractivity contribution in [3.8, 4) is 0 Å². The van der Waals surface area contributed by atoms with E-state index >= 15 is 0 Å². The minimum atomic E-state index is 0.876. The Balaban J connectivity index is 2.32. The zero-order valence-electron chi connectivity index (χ0n) is 12.3. The molecule has 2 aromatic carbocycles. The Morgan fingerprint density at radius 1 is 1.10 bits per heavy atom. The zero-order valence-corrected chi connectivity index (χ0v) is 13.9. The highest BCUT2D eigenvalue weighted by Gasteiger charge is 2.09. The molecule has 0 amide bonds. The average Bonchev–Trinajstić information content (AvgIpc) is 2.45. The third-order valence-corrected chi connectivity index (χ3v) is 3.88. The SMILES string of the molecule is CCNCc1cc(Br)ccc1N(C)c1ccc(C)cc1. The van der Waals surface area contributed by atoms with E-state index in [1.165, 1.54) is 22.5 Å². The number of nitrogens with one attached hydrogen (secondary N) is 1. The lowest BCUT2D eigenvalue weighted by Crippen LogP contribution is -2.17. The van der Waals surface area contributed by atoms with Crippen molar-refractivity contribution in [1.82, 2.24) is 5.32 Å². The number of rotatable bonds is 5. The Kier molecular flexibility index (Phi) is 5.21. The van der Waals surface area contributed by atoms with E-state index in [4.69, 9.17) is 0 Å². The molecule has 0 bridgehead atoms. The van der Waals surface area contributed by atoms with Gasteiger partial charge in [0.05, 0.1) is 0 Å². The predicted octanol–water partition coefficient (Wildman–Crippen LogP) is 4.63. The molecule has 0 fully saturated rings. The highest BCUT2D eigenvalue weighted by Crippen LogP contribution is 2.29. The molecule has 0 atom stereocenters. The van der Waals surface area contributed by atoms with Gasteiger partial charge in [0.15, 0.2) is 0 Å². The van der Waals surface area contributed by atoms with Crippen LogP contribution in [0.15, 0.2) is 46.9 Å². The smallest absolute Gasteiger partial charge is 0.0454 e. The zero-order chi connectivity index (χ0) is 14.5. The first-order chi connectivity index (χ1) is 9.61. The molecule has 0 saturated carbocycles. The molecule has 0 aromatic heterocycles. The second-order valence-electron chi connectivity index (χ2n) is 4.95. The molecule has 0 saturated heterocycles. The molecule has 0 unspecified atom stereocenters. The lowest BCUT2D eigenvalue weighted by atomic mass is 10.1. The standard InChI is InChI=1S/C17H21BrN2/c1-4-19-12-14-11-15(18)7-10-17(14)20(3)16-8-5-13(2)6-9-16/h5-11,19H,4,12H2,1-3H3. The molecule has 20 heavy (non-hydrogen) atoms. The maximum Gasteiger partial charge on any atom is 0.0454 e. The van der Waals surface area contributed by atoms with Crippen molar-refractivity contribution in [3.05, 3.63) is 58.1 Å². The van der Waals surface area contributed by atoms with Crippen LogP contribution in [0.4, 0.5) is 11.4 Å². The van der Waals surface area contributed by atoms with E-state index in [-0.39, 0.29) is 0 Å². The molecule has 0 radical (unpaired) electrons. The molecule has 1 N–H and O–H groups in total. The maximum atomic E-state index is 3.56. The minimum absolute atomic E-state index is 0.876. The highest BCUT2D eigenvalue weighted by atomic mass is 79.9. The Morgan fingerprint density at radius 2 is 1.80 bits per heavy atom. The molecule has 0 aliphatic rings. The number of nitrogens with zero attached hydrogens (tertiary/aromatic N) is 1. The van der Waals surface area contributed by atoms with E-state index < -0.39 is 0 Å². The van der Waals surface area contributed by atoms with Crippen LogP contribution in [0.1, 0.15) is 18.1 Å². The summed E-state index contributed by atoms with van der Waals surface area (Å²) in [4.78, 5) is 2.23. The second-order valence-corrected chi connectivity index (χ2v) is 5.86. The monoisotopic (exact) mass is 332 g/mol. The summed E-state index contributed by atoms with van der Waals surface area (Å²) in [6.07, 6.45) is 0. The topological polar surface area (TPSA) is 15.3 Å². The van der Waals surface area contributed by atoms with E-state index in [2.05, 4.69) is 89.5 Å². The summed E-state index contributed by atoms with van der Waals surface area (Å²) in [5, 5.41) is 3.40. The summed E-state index contributed by atoms with van der Waals surface area (Å²) in [6, 6.07) is 15.1. The highest BCUT2D eigenvalue weighted by molar-refractivity contribution is 9.10. The van der Waals surface area contributed by atoms with E-state index in [9.17, 15) is 0 Å². The number of aryl methyl sites for hydroxylation is 1. The first-order valence-corrected chi connectivity index (χ1v) is 7.70. The first kappa shape index (κ1) is 15.1. The third kappa shape index (κ3) is 3.62. The van der Waals surface area contributed by atoms with Crippen LogP contribution in [-0.2, 0) is 6.54 Å². The van der Waals surface area contributed by atoms with Gasteiger partial charge in [-0.05, 0) is 49.4 Å². The van der Waals surface area contributed by atoms with E-state index in [1.54, 1.807) is 0 Å². The fourth-order valence-electron chi connectivity index (χ4n) is 2.19. The molecule has 3 heteroatoms. The average molecular weight is 333 g/mol. The van der Waals surface area contributed by atoms with Crippen LogP contribution in [0.5, 0.6) is 0 Å². The Hall–Kier alpha value is -1.32. The van der Waals surface area contributed by atoms with Crippen LogP contribution in [-0.4, -0.2) is 13.6 Å². The van der Waals surface area contributed by atoms with Crippen LogP contribution >= 0.6 is 15.9 Å². The molecule has 2 nitrogen and oxygen atoms in total. The van der Waals surface area contributed by atoms with Crippen molar-refractivity contribution < 1.29 is 0 Å². The van der Waals surface area contributed by atoms with Crippen LogP contribution in [0.2, 0.25) is 0 Å². The van der Waals surface area contributed by atoms with Gasteiger partial charge in [0, 0.05) is 29.4 Å². The number of anilines is 2. The van der Waals surface area contributed by atoms with Gasteiger partial charge in [-0.25, -0.2) is 0 Å². The van der Waals surface area contributed by atoms with E-state index in [0.29, 0.717) is 0 Å². The summed E-state index contributed by atoms with van der Waals surface area (Å²) in [6.45, 7) is 6.09. The minimum Gasteiger partial charge on any atom is -0.344 e. The Morgan fingerprint density at radius 3 is 2.45 bits per heavy atom. The van der Waals surface area contributed by atoms with Gasteiger partial charge in [0.25, 0.3) is 0 Å². The van der Waals surface area contributed by atoms with Crippen molar-refractivity contribution in [3.63, 3.8) is 0 Å². The van der Waals surface area contributed by atoms with Crippen molar-refractivity contribution in [1.29, 1.82) is 0 Å². The number of halogens is 1. The second kappa shape index (κ2) is 6.91. The van der Waals surface area contributed by atoms with E-state index in [1.807, 2.05) is 0 Å². The Labute approximate surface area is 129 Å². The van der Waals surface area contributed by atoms with Gasteiger partial charge >= 0.3 is 0 Å². The molecule has 0 aliphatic heterocycles. The van der Waals surface area contributed by atoms with E-state index in [0.717, 1.165) is 17.6 Å². The lowest BCUT2D eigenvalue weighted by molar-refractivity contribution is 0.726. The molecular formula is C17H21BrN2. The number of benzene rings is 2. The van der Waals surface area contributed by atoms with Crippen LogP contribution in [0.25, 0.3) is 0 Å². The molecule has 0 aliphatic carbocycles. The first-order valence-electron chi connectivity index (χ1n) is 6.91. The molecule has 0 heterocycles. The lowest BCUT2D eigenvalue weighted by Gasteiger charge is -2.23. The predicted molar refractivity (Wildman–Crippen MR) is 90.8 cm³/mol. The fraction of sp³-hybridized carbons (Fsp3) is 0.294. The summed E-state index contributed by atoms with van der Waals surface area (Å²) in [7, 11) is 2.11. The summed E-state index contributed by atoms with van der Waals surface area (Å²) >= 11 is 3.56. The normalized spacial score (nSPS) is 10.6. The van der Waals surface area contributed by atoms with Crippen LogP contribution in [0, 0.1) is 6.92 Å². The summed E-state index contributed by atoms with van der Waals surface area (Å²) in [5.41, 5.74) is 5.02.